The van der Waals surface area contributed by atoms with Gasteiger partial charge in [0.15, 0.2) is 0 Å². The van der Waals surface area contributed by atoms with E-state index in [1.165, 1.54) is 47.8 Å². The Bertz CT molecular complexity index is 1530. The Morgan fingerprint density at radius 3 is 2.36 bits per heavy atom. The molecule has 188 valence electrons. The Balaban J connectivity index is 1.45. The molecule has 0 bridgehead atoms. The maximum atomic E-state index is 13.0. The summed E-state index contributed by atoms with van der Waals surface area (Å²) in [4.78, 5) is 53.6. The molecular formula is C23H22ClN5O6S. The van der Waals surface area contributed by atoms with Gasteiger partial charge in [0.1, 0.15) is 5.56 Å². The smallest absolute Gasteiger partial charge is 0.275 e. The van der Waals surface area contributed by atoms with E-state index in [1.54, 1.807) is 17.0 Å². The van der Waals surface area contributed by atoms with Crippen molar-refractivity contribution in [2.45, 2.75) is 11.8 Å². The highest BCUT2D eigenvalue weighted by atomic mass is 35.5. The Morgan fingerprint density at radius 2 is 1.67 bits per heavy atom. The van der Waals surface area contributed by atoms with E-state index in [1.807, 2.05) is 0 Å². The number of aromatic amines is 1. The third-order valence-corrected chi connectivity index (χ3v) is 7.92. The van der Waals surface area contributed by atoms with Crippen LogP contribution in [0.2, 0.25) is 5.02 Å². The van der Waals surface area contributed by atoms with Crippen LogP contribution in [0.4, 0.5) is 0 Å². The molecule has 2 aromatic carbocycles. The molecule has 0 spiro atoms. The van der Waals surface area contributed by atoms with E-state index in [0.29, 0.717) is 10.5 Å². The zero-order valence-corrected chi connectivity index (χ0v) is 20.6. The molecule has 3 aromatic rings. The van der Waals surface area contributed by atoms with Crippen LogP contribution >= 0.6 is 11.6 Å². The minimum absolute atomic E-state index is 0.0158. The van der Waals surface area contributed by atoms with Crippen LogP contribution in [0.1, 0.15) is 27.6 Å². The molecular weight excluding hydrogens is 510 g/mol. The van der Waals surface area contributed by atoms with Crippen LogP contribution in [0.15, 0.2) is 58.4 Å². The number of piperazine rings is 1. The first-order valence-electron chi connectivity index (χ1n) is 10.9. The van der Waals surface area contributed by atoms with Crippen LogP contribution in [0, 0.1) is 0 Å². The van der Waals surface area contributed by atoms with E-state index in [0.717, 1.165) is 0 Å². The summed E-state index contributed by atoms with van der Waals surface area (Å²) < 4.78 is 27.3. The summed E-state index contributed by atoms with van der Waals surface area (Å²) in [6.07, 6.45) is 1.22. The quantitative estimate of drug-likeness (QED) is 0.429. The van der Waals surface area contributed by atoms with Gasteiger partial charge >= 0.3 is 0 Å². The topological polar surface area (TPSA) is 149 Å². The summed E-state index contributed by atoms with van der Waals surface area (Å²) in [5, 5.41) is 0.540. The van der Waals surface area contributed by atoms with Crippen molar-refractivity contribution in [1.29, 1.82) is 0 Å². The number of rotatable bonds is 4. The zero-order valence-electron chi connectivity index (χ0n) is 19.1. The molecule has 1 aromatic heterocycles. The molecule has 13 heteroatoms. The Labute approximate surface area is 211 Å². The number of H-pyrrole nitrogens is 1. The number of nitrogens with zero attached hydrogens (tertiary/aromatic N) is 2. The fraction of sp³-hybridized carbons (Fsp3) is 0.217. The van der Waals surface area contributed by atoms with Gasteiger partial charge in [-0.1, -0.05) is 17.7 Å². The Hall–Kier alpha value is -3.74. The molecule has 0 atom stereocenters. The fourth-order valence-corrected chi connectivity index (χ4v) is 5.44. The summed E-state index contributed by atoms with van der Waals surface area (Å²) in [6.45, 7) is 2.26. The molecule has 0 radical (unpaired) electrons. The number of carbonyl (C=O) groups is 3. The molecule has 1 aliphatic rings. The second-order valence-corrected chi connectivity index (χ2v) is 10.4. The van der Waals surface area contributed by atoms with Crippen LogP contribution in [-0.4, -0.2) is 66.5 Å². The van der Waals surface area contributed by atoms with E-state index in [9.17, 15) is 27.6 Å². The maximum Gasteiger partial charge on any atom is 0.275 e. The van der Waals surface area contributed by atoms with Gasteiger partial charge in [0.25, 0.3) is 11.8 Å². The van der Waals surface area contributed by atoms with E-state index in [4.69, 9.17) is 11.6 Å². The van der Waals surface area contributed by atoms with E-state index < -0.39 is 27.3 Å². The van der Waals surface area contributed by atoms with Crippen molar-refractivity contribution in [3.63, 3.8) is 0 Å². The number of halogens is 1. The van der Waals surface area contributed by atoms with E-state index >= 15 is 0 Å². The van der Waals surface area contributed by atoms with Gasteiger partial charge < -0.3 is 9.88 Å². The number of fused-ring (bicyclic) bond motifs is 1. The average molecular weight is 532 g/mol. The molecule has 0 saturated carbocycles. The Morgan fingerprint density at radius 1 is 0.972 bits per heavy atom. The van der Waals surface area contributed by atoms with E-state index in [-0.39, 0.29) is 53.5 Å². The SMILES string of the molecule is CC(=O)N1CCN(S(=O)(=O)c2cccc(C(=O)NNC(=O)c3c[nH]c4ccc(Cl)cc4c3=O)c2)CC1. The molecule has 4 rings (SSSR count). The Kier molecular flexibility index (Phi) is 7.11. The first-order chi connectivity index (χ1) is 17.1. The van der Waals surface area contributed by atoms with Gasteiger partial charge in [0.2, 0.25) is 21.4 Å². The molecule has 3 amide bonds. The van der Waals surface area contributed by atoms with Gasteiger partial charge in [-0.15, -0.1) is 0 Å². The third kappa shape index (κ3) is 5.10. The number of aromatic nitrogens is 1. The number of hydrogen-bond donors (Lipinski definition) is 3. The predicted octanol–water partition coefficient (Wildman–Crippen LogP) is 1.11. The number of pyridine rings is 1. The molecule has 0 aliphatic carbocycles. The summed E-state index contributed by atoms with van der Waals surface area (Å²) in [7, 11) is -3.90. The summed E-state index contributed by atoms with van der Waals surface area (Å²) in [5.74, 6) is -1.76. The van der Waals surface area contributed by atoms with Crippen molar-refractivity contribution in [2.24, 2.45) is 0 Å². The molecule has 2 heterocycles. The lowest BCUT2D eigenvalue weighted by Crippen LogP contribution is -2.49. The summed E-state index contributed by atoms with van der Waals surface area (Å²) in [6, 6.07) is 9.98. The van der Waals surface area contributed by atoms with Crippen LogP contribution in [0.25, 0.3) is 10.9 Å². The normalized spacial score (nSPS) is 14.4. The second kappa shape index (κ2) is 10.1. The number of nitrogens with one attached hydrogen (secondary N) is 3. The maximum absolute atomic E-state index is 13.0. The number of carbonyl (C=O) groups excluding carboxylic acids is 3. The zero-order chi connectivity index (χ0) is 26.0. The fourth-order valence-electron chi connectivity index (χ4n) is 3.80. The van der Waals surface area contributed by atoms with Crippen LogP contribution in [0.3, 0.4) is 0 Å². The molecule has 1 saturated heterocycles. The van der Waals surface area contributed by atoms with Gasteiger partial charge in [-0.2, -0.15) is 4.31 Å². The van der Waals surface area contributed by atoms with Gasteiger partial charge in [-0.3, -0.25) is 30.0 Å². The standard InChI is InChI=1S/C23H22ClN5O6S/c1-14(30)28-7-9-29(10-8-28)36(34,35)17-4-2-3-15(11-17)22(32)26-27-23(33)19-13-25-20-6-5-16(24)12-18(20)21(19)31/h2-6,11-13H,7-10H2,1H3,(H,25,31)(H,26,32)(H,27,33). The average Bonchev–Trinajstić information content (AvgIpc) is 2.87. The van der Waals surface area contributed by atoms with Crippen LogP contribution in [0.5, 0.6) is 0 Å². The summed E-state index contributed by atoms with van der Waals surface area (Å²) >= 11 is 5.93. The molecule has 0 unspecified atom stereocenters. The largest absolute Gasteiger partial charge is 0.360 e. The molecule has 1 fully saturated rings. The summed E-state index contributed by atoms with van der Waals surface area (Å²) in [5.41, 5.74) is 4.01. The highest BCUT2D eigenvalue weighted by Gasteiger charge is 2.29. The minimum atomic E-state index is -3.90. The van der Waals surface area contributed by atoms with Gasteiger partial charge in [-0.25, -0.2) is 8.42 Å². The monoisotopic (exact) mass is 531 g/mol. The lowest BCUT2D eigenvalue weighted by Gasteiger charge is -2.33. The van der Waals surface area contributed by atoms with Crippen molar-refractivity contribution in [3.05, 3.63) is 75.0 Å². The minimum Gasteiger partial charge on any atom is -0.360 e. The lowest BCUT2D eigenvalue weighted by atomic mass is 10.1. The lowest BCUT2D eigenvalue weighted by molar-refractivity contribution is -0.129. The van der Waals surface area contributed by atoms with Gasteiger partial charge in [-0.05, 0) is 36.4 Å². The van der Waals surface area contributed by atoms with Crippen LogP contribution < -0.4 is 16.3 Å². The first-order valence-corrected chi connectivity index (χ1v) is 12.7. The predicted molar refractivity (Wildman–Crippen MR) is 132 cm³/mol. The van der Waals surface area contributed by atoms with Crippen molar-refractivity contribution in [2.75, 3.05) is 26.2 Å². The van der Waals surface area contributed by atoms with Crippen molar-refractivity contribution in [1.82, 2.24) is 25.0 Å². The number of benzene rings is 2. The molecule has 36 heavy (non-hydrogen) atoms. The molecule has 11 nitrogen and oxygen atoms in total. The van der Waals surface area contributed by atoms with Crippen molar-refractivity contribution >= 4 is 50.2 Å². The molecule has 1 aliphatic heterocycles. The van der Waals surface area contributed by atoms with Gasteiger partial charge in [0.05, 0.1) is 4.90 Å². The number of hydrazine groups is 1. The third-order valence-electron chi connectivity index (χ3n) is 5.80. The number of hydrogen-bond acceptors (Lipinski definition) is 6. The van der Waals surface area contributed by atoms with Crippen molar-refractivity contribution < 1.29 is 22.8 Å². The number of sulfonamides is 1. The van der Waals surface area contributed by atoms with E-state index in [2.05, 4.69) is 15.8 Å². The number of amides is 3. The van der Waals surface area contributed by atoms with Crippen molar-refractivity contribution in [3.8, 4) is 0 Å². The highest BCUT2D eigenvalue weighted by molar-refractivity contribution is 7.89. The van der Waals surface area contributed by atoms with Gasteiger partial charge in [0, 0.05) is 60.8 Å². The highest BCUT2D eigenvalue weighted by Crippen LogP contribution is 2.19. The first kappa shape index (κ1) is 25.4. The van der Waals surface area contributed by atoms with Crippen LogP contribution in [-0.2, 0) is 14.8 Å². The second-order valence-electron chi connectivity index (χ2n) is 8.07. The molecule has 3 N–H and O–H groups in total.